The van der Waals surface area contributed by atoms with Crippen molar-refractivity contribution in [1.29, 1.82) is 0 Å². The van der Waals surface area contributed by atoms with Gasteiger partial charge in [-0.2, -0.15) is 9.78 Å². The van der Waals surface area contributed by atoms with Crippen LogP contribution >= 0.6 is 0 Å². The highest BCUT2D eigenvalue weighted by Crippen LogP contribution is 2.43. The average molecular weight is 407 g/mol. The number of aryl methyl sites for hydroxylation is 1. The molecule has 0 saturated heterocycles. The fraction of sp³-hybridized carbons (Fsp3) is 0.364. The quantitative estimate of drug-likeness (QED) is 0.673. The van der Waals surface area contributed by atoms with Crippen molar-refractivity contribution < 1.29 is 14.3 Å². The number of anilines is 1. The van der Waals surface area contributed by atoms with Gasteiger partial charge in [0.1, 0.15) is 11.6 Å². The number of hydrogen-bond donors (Lipinski definition) is 1. The van der Waals surface area contributed by atoms with Gasteiger partial charge in [0.05, 0.1) is 19.4 Å². The third-order valence-electron chi connectivity index (χ3n) is 5.02. The minimum absolute atomic E-state index is 0.0752. The van der Waals surface area contributed by atoms with E-state index in [2.05, 4.69) is 34.5 Å². The first kappa shape index (κ1) is 19.9. The van der Waals surface area contributed by atoms with Crippen molar-refractivity contribution in [2.75, 3.05) is 19.0 Å². The van der Waals surface area contributed by atoms with Crippen LogP contribution in [0.15, 0.2) is 36.4 Å². The molecule has 0 bridgehead atoms. The van der Waals surface area contributed by atoms with Crippen molar-refractivity contribution in [2.24, 2.45) is 5.92 Å². The van der Waals surface area contributed by atoms with E-state index in [9.17, 15) is 4.79 Å². The zero-order valence-electron chi connectivity index (χ0n) is 17.5. The van der Waals surface area contributed by atoms with Gasteiger partial charge in [0.2, 0.25) is 11.8 Å². The molecule has 0 unspecified atom stereocenters. The largest absolute Gasteiger partial charge is 0.493 e. The second kappa shape index (κ2) is 8.14. The summed E-state index contributed by atoms with van der Waals surface area (Å²) < 4.78 is 12.8. The normalized spacial score (nSPS) is 15.6. The standard InChI is InChI=1S/C22H25N5O3/c1-13(2)12-30-17-8-6-5-7-15(17)16-11-19(28)23-22-21(16)14(3)26-27(22)18-9-10-20(29-4)25-24-18/h5-10,13,16H,11-12H2,1-4H3,(H,23,28)/t16-/m1/s1. The van der Waals surface area contributed by atoms with Crippen LogP contribution in [-0.4, -0.2) is 39.6 Å². The molecule has 1 N–H and O–H groups in total. The van der Waals surface area contributed by atoms with Gasteiger partial charge in [0, 0.05) is 29.5 Å². The molecule has 0 spiro atoms. The Morgan fingerprint density at radius 2 is 2.00 bits per heavy atom. The van der Waals surface area contributed by atoms with Crippen molar-refractivity contribution >= 4 is 11.7 Å². The molecule has 0 radical (unpaired) electrons. The molecular formula is C22H25N5O3. The molecule has 8 heteroatoms. The molecule has 3 heterocycles. The van der Waals surface area contributed by atoms with Gasteiger partial charge in [0.25, 0.3) is 0 Å². The number of fused-ring (bicyclic) bond motifs is 1. The maximum atomic E-state index is 12.6. The van der Waals surface area contributed by atoms with E-state index in [0.29, 0.717) is 36.5 Å². The third kappa shape index (κ3) is 3.72. The van der Waals surface area contributed by atoms with Crippen LogP contribution in [0.25, 0.3) is 5.82 Å². The van der Waals surface area contributed by atoms with E-state index in [4.69, 9.17) is 9.47 Å². The van der Waals surface area contributed by atoms with Gasteiger partial charge >= 0.3 is 0 Å². The number of nitrogens with one attached hydrogen (secondary N) is 1. The van der Waals surface area contributed by atoms with Crippen LogP contribution in [0, 0.1) is 12.8 Å². The molecule has 156 valence electrons. The molecule has 3 aromatic rings. The average Bonchev–Trinajstić information content (AvgIpc) is 3.08. The maximum absolute atomic E-state index is 12.6. The second-order valence-electron chi connectivity index (χ2n) is 7.74. The Bertz CT molecular complexity index is 1060. The smallest absolute Gasteiger partial charge is 0.233 e. The summed E-state index contributed by atoms with van der Waals surface area (Å²) in [4.78, 5) is 12.6. The summed E-state index contributed by atoms with van der Waals surface area (Å²) in [5, 5.41) is 15.8. The van der Waals surface area contributed by atoms with Crippen LogP contribution in [0.2, 0.25) is 0 Å². The predicted octanol–water partition coefficient (Wildman–Crippen LogP) is 3.49. The van der Waals surface area contributed by atoms with Gasteiger partial charge in [0.15, 0.2) is 5.82 Å². The molecule has 2 aromatic heterocycles. The number of amides is 1. The SMILES string of the molecule is COc1ccc(-n2nc(C)c3c2NC(=O)C[C@@H]3c2ccccc2OCC(C)C)nn1. The molecule has 1 aliphatic rings. The third-order valence-corrected chi connectivity index (χ3v) is 5.02. The Labute approximate surface area is 175 Å². The van der Waals surface area contributed by atoms with E-state index in [0.717, 1.165) is 22.6 Å². The lowest BCUT2D eigenvalue weighted by molar-refractivity contribution is -0.116. The molecule has 1 aliphatic heterocycles. The number of hydrogen-bond acceptors (Lipinski definition) is 6. The van der Waals surface area contributed by atoms with E-state index < -0.39 is 0 Å². The summed E-state index contributed by atoms with van der Waals surface area (Å²) in [6.45, 7) is 6.77. The zero-order chi connectivity index (χ0) is 21.3. The predicted molar refractivity (Wildman–Crippen MR) is 112 cm³/mol. The van der Waals surface area contributed by atoms with Crippen LogP contribution in [0.4, 0.5) is 5.82 Å². The number of carbonyl (C=O) groups excluding carboxylic acids is 1. The molecule has 1 amide bonds. The number of benzene rings is 1. The molecule has 1 aromatic carbocycles. The Morgan fingerprint density at radius 1 is 1.20 bits per heavy atom. The van der Waals surface area contributed by atoms with Gasteiger partial charge in [-0.15, -0.1) is 10.2 Å². The van der Waals surface area contributed by atoms with Gasteiger partial charge in [-0.25, -0.2) is 0 Å². The Morgan fingerprint density at radius 3 is 2.70 bits per heavy atom. The second-order valence-corrected chi connectivity index (χ2v) is 7.74. The molecule has 0 fully saturated rings. The highest BCUT2D eigenvalue weighted by molar-refractivity contribution is 5.95. The minimum atomic E-state index is -0.155. The minimum Gasteiger partial charge on any atom is -0.493 e. The van der Waals surface area contributed by atoms with Crippen LogP contribution in [0.5, 0.6) is 11.6 Å². The molecule has 30 heavy (non-hydrogen) atoms. The summed E-state index contributed by atoms with van der Waals surface area (Å²) in [7, 11) is 1.53. The number of rotatable bonds is 6. The number of para-hydroxylation sites is 1. The number of carbonyl (C=O) groups is 1. The fourth-order valence-electron chi connectivity index (χ4n) is 3.67. The first-order chi connectivity index (χ1) is 14.5. The van der Waals surface area contributed by atoms with Crippen LogP contribution < -0.4 is 14.8 Å². The molecule has 8 nitrogen and oxygen atoms in total. The van der Waals surface area contributed by atoms with E-state index in [1.807, 2.05) is 31.2 Å². The lowest BCUT2D eigenvalue weighted by atomic mass is 9.85. The molecule has 0 aliphatic carbocycles. The highest BCUT2D eigenvalue weighted by atomic mass is 16.5. The van der Waals surface area contributed by atoms with Gasteiger partial charge in [-0.05, 0) is 25.0 Å². The van der Waals surface area contributed by atoms with Crippen molar-refractivity contribution in [3.05, 3.63) is 53.2 Å². The number of nitrogens with zero attached hydrogens (tertiary/aromatic N) is 4. The van der Waals surface area contributed by atoms with Gasteiger partial charge < -0.3 is 14.8 Å². The fourth-order valence-corrected chi connectivity index (χ4v) is 3.67. The number of aromatic nitrogens is 4. The van der Waals surface area contributed by atoms with E-state index >= 15 is 0 Å². The zero-order valence-corrected chi connectivity index (χ0v) is 17.5. The molecule has 4 rings (SSSR count). The van der Waals surface area contributed by atoms with Crippen molar-refractivity contribution in [3.8, 4) is 17.4 Å². The van der Waals surface area contributed by atoms with E-state index in [1.54, 1.807) is 16.8 Å². The first-order valence-electron chi connectivity index (χ1n) is 9.97. The first-order valence-corrected chi connectivity index (χ1v) is 9.97. The van der Waals surface area contributed by atoms with Gasteiger partial charge in [-0.3, -0.25) is 4.79 Å². The Hall–Kier alpha value is -3.42. The lowest BCUT2D eigenvalue weighted by Gasteiger charge is -2.26. The topological polar surface area (TPSA) is 91.2 Å². The highest BCUT2D eigenvalue weighted by Gasteiger charge is 2.34. The van der Waals surface area contributed by atoms with Crippen LogP contribution in [-0.2, 0) is 4.79 Å². The number of methoxy groups -OCH3 is 1. The Balaban J connectivity index is 1.78. The number of ether oxygens (including phenoxy) is 2. The summed E-state index contributed by atoms with van der Waals surface area (Å²) >= 11 is 0. The van der Waals surface area contributed by atoms with E-state index in [-0.39, 0.29) is 11.8 Å². The summed E-state index contributed by atoms with van der Waals surface area (Å²) in [6.07, 6.45) is 0.329. The molecular weight excluding hydrogens is 382 g/mol. The summed E-state index contributed by atoms with van der Waals surface area (Å²) in [5.74, 6) is 2.51. The summed E-state index contributed by atoms with van der Waals surface area (Å²) in [6, 6.07) is 11.4. The van der Waals surface area contributed by atoms with Crippen molar-refractivity contribution in [2.45, 2.75) is 33.1 Å². The van der Waals surface area contributed by atoms with Crippen LogP contribution in [0.3, 0.4) is 0 Å². The van der Waals surface area contributed by atoms with E-state index in [1.165, 1.54) is 7.11 Å². The van der Waals surface area contributed by atoms with Crippen molar-refractivity contribution in [1.82, 2.24) is 20.0 Å². The lowest BCUT2D eigenvalue weighted by Crippen LogP contribution is -2.25. The molecule has 0 saturated carbocycles. The molecule has 1 atom stereocenters. The summed E-state index contributed by atoms with van der Waals surface area (Å²) in [5.41, 5.74) is 2.77. The van der Waals surface area contributed by atoms with Crippen molar-refractivity contribution in [3.63, 3.8) is 0 Å². The van der Waals surface area contributed by atoms with Crippen LogP contribution in [0.1, 0.15) is 43.0 Å². The maximum Gasteiger partial charge on any atom is 0.233 e. The Kier molecular flexibility index (Phi) is 5.39. The monoisotopic (exact) mass is 407 g/mol. The van der Waals surface area contributed by atoms with Gasteiger partial charge in [-0.1, -0.05) is 32.0 Å².